The third-order valence-corrected chi connectivity index (χ3v) is 5.15. The molecule has 0 amide bonds. The Bertz CT molecular complexity index is 625. The summed E-state index contributed by atoms with van der Waals surface area (Å²) >= 11 is 10.8. The molecule has 0 fully saturated rings. The minimum Gasteiger partial charge on any atom is -0.288 e. The summed E-state index contributed by atoms with van der Waals surface area (Å²) in [5, 5.41) is 0.616. The highest BCUT2D eigenvalue weighted by molar-refractivity contribution is 9.10. The molecule has 2 rings (SSSR count). The Kier molecular flexibility index (Phi) is 4.19. The van der Waals surface area contributed by atoms with Gasteiger partial charge in [0.2, 0.25) is 5.78 Å². The summed E-state index contributed by atoms with van der Waals surface area (Å²) in [6.45, 7) is 6.43. The third-order valence-electron chi connectivity index (χ3n) is 2.74. The molecule has 100 valence electrons. The smallest absolute Gasteiger partial charge is 0.204 e. The molecule has 0 unspecified atom stereocenters. The molecule has 0 N–H and O–H groups in total. The monoisotopic (exact) mass is 356 g/mol. The van der Waals surface area contributed by atoms with Crippen molar-refractivity contribution in [3.8, 4) is 0 Å². The van der Waals surface area contributed by atoms with Gasteiger partial charge in [-0.2, -0.15) is 0 Å². The van der Waals surface area contributed by atoms with Crippen LogP contribution in [0.2, 0.25) is 5.02 Å². The van der Waals surface area contributed by atoms with Crippen molar-refractivity contribution in [1.82, 2.24) is 0 Å². The van der Waals surface area contributed by atoms with Gasteiger partial charge < -0.3 is 0 Å². The maximum absolute atomic E-state index is 12.5. The van der Waals surface area contributed by atoms with Crippen molar-refractivity contribution in [3.63, 3.8) is 0 Å². The number of rotatable bonds is 2. The molecule has 0 atom stereocenters. The molecule has 0 radical (unpaired) electrons. The van der Waals surface area contributed by atoms with Crippen molar-refractivity contribution in [2.24, 2.45) is 0 Å². The number of carbonyl (C=O) groups is 1. The Hall–Kier alpha value is -0.640. The first-order valence-corrected chi connectivity index (χ1v) is 7.88. The molecule has 0 aliphatic heterocycles. The minimum atomic E-state index is 0.0315. The molecule has 1 aromatic heterocycles. The lowest BCUT2D eigenvalue weighted by Crippen LogP contribution is -2.08. The van der Waals surface area contributed by atoms with E-state index in [1.54, 1.807) is 29.5 Å². The van der Waals surface area contributed by atoms with E-state index < -0.39 is 0 Å². The summed E-state index contributed by atoms with van der Waals surface area (Å²) in [6.07, 6.45) is 0. The maximum Gasteiger partial charge on any atom is 0.204 e. The highest BCUT2D eigenvalue weighted by atomic mass is 79.9. The highest BCUT2D eigenvalue weighted by Crippen LogP contribution is 2.32. The summed E-state index contributed by atoms with van der Waals surface area (Å²) in [5.41, 5.74) is 0.715. The fraction of sp³-hybridized carbons (Fsp3) is 0.267. The number of hydrogen-bond acceptors (Lipinski definition) is 2. The molecule has 1 aromatic carbocycles. The van der Waals surface area contributed by atoms with Crippen LogP contribution in [0.3, 0.4) is 0 Å². The van der Waals surface area contributed by atoms with Crippen LogP contribution < -0.4 is 0 Å². The Morgan fingerprint density at radius 2 is 1.89 bits per heavy atom. The van der Waals surface area contributed by atoms with E-state index in [1.165, 1.54) is 4.88 Å². The first-order valence-electron chi connectivity index (χ1n) is 5.89. The SMILES string of the molecule is CC(C)(C)c1ccc(C(=O)c2ccc(Cl)cc2Br)s1. The van der Waals surface area contributed by atoms with Crippen molar-refractivity contribution >= 4 is 44.7 Å². The number of halogens is 2. The van der Waals surface area contributed by atoms with E-state index in [4.69, 9.17) is 11.6 Å². The zero-order chi connectivity index (χ0) is 14.2. The van der Waals surface area contributed by atoms with Crippen molar-refractivity contribution in [2.45, 2.75) is 26.2 Å². The van der Waals surface area contributed by atoms with Crippen LogP contribution in [0, 0.1) is 0 Å². The van der Waals surface area contributed by atoms with Crippen LogP contribution in [0.15, 0.2) is 34.8 Å². The van der Waals surface area contributed by atoms with Gasteiger partial charge in [-0.05, 0) is 51.7 Å². The largest absolute Gasteiger partial charge is 0.288 e. The van der Waals surface area contributed by atoms with Crippen LogP contribution >= 0.6 is 38.9 Å². The van der Waals surface area contributed by atoms with Gasteiger partial charge in [0.15, 0.2) is 0 Å². The average Bonchev–Trinajstić information content (AvgIpc) is 2.76. The van der Waals surface area contributed by atoms with Crippen molar-refractivity contribution < 1.29 is 4.79 Å². The average molecular weight is 358 g/mol. The fourth-order valence-electron chi connectivity index (χ4n) is 1.67. The summed E-state index contributed by atoms with van der Waals surface area (Å²) < 4.78 is 0.732. The molecular weight excluding hydrogens is 344 g/mol. The van der Waals surface area contributed by atoms with Gasteiger partial charge in [0, 0.05) is 19.9 Å². The van der Waals surface area contributed by atoms with Gasteiger partial charge in [-0.25, -0.2) is 0 Å². The topological polar surface area (TPSA) is 17.1 Å². The molecule has 0 aliphatic carbocycles. The van der Waals surface area contributed by atoms with Crippen LogP contribution in [0.5, 0.6) is 0 Å². The molecule has 0 saturated heterocycles. The van der Waals surface area contributed by atoms with E-state index in [0.717, 1.165) is 9.35 Å². The second-order valence-electron chi connectivity index (χ2n) is 5.37. The molecule has 4 heteroatoms. The number of ketones is 1. The Labute approximate surface area is 130 Å². The van der Waals surface area contributed by atoms with E-state index >= 15 is 0 Å². The van der Waals surface area contributed by atoms with Crippen molar-refractivity contribution in [2.75, 3.05) is 0 Å². The maximum atomic E-state index is 12.5. The van der Waals surface area contributed by atoms with Gasteiger partial charge in [0.05, 0.1) is 4.88 Å². The predicted molar refractivity (Wildman–Crippen MR) is 85.6 cm³/mol. The molecule has 0 bridgehead atoms. The van der Waals surface area contributed by atoms with Crippen LogP contribution in [-0.2, 0) is 5.41 Å². The van der Waals surface area contributed by atoms with Crippen LogP contribution in [0.1, 0.15) is 40.9 Å². The quantitative estimate of drug-likeness (QED) is 0.631. The van der Waals surface area contributed by atoms with Crippen molar-refractivity contribution in [1.29, 1.82) is 0 Å². The lowest BCUT2D eigenvalue weighted by molar-refractivity contribution is 0.104. The normalized spacial score (nSPS) is 11.6. The molecule has 0 spiro atoms. The second kappa shape index (κ2) is 5.39. The number of hydrogen-bond donors (Lipinski definition) is 0. The standard InChI is InChI=1S/C15H14BrClOS/c1-15(2,3)13-7-6-12(19-13)14(18)10-5-4-9(17)8-11(10)16/h4-8H,1-3H3. The molecule has 1 heterocycles. The van der Waals surface area contributed by atoms with Crippen LogP contribution in [0.4, 0.5) is 0 Å². The first-order chi connectivity index (χ1) is 8.79. The first kappa shape index (κ1) is 14.8. The number of carbonyl (C=O) groups excluding carboxylic acids is 1. The third kappa shape index (κ3) is 3.28. The molecule has 19 heavy (non-hydrogen) atoms. The fourth-order valence-corrected chi connectivity index (χ4v) is 3.55. The van der Waals surface area contributed by atoms with E-state index in [0.29, 0.717) is 10.6 Å². The molecular formula is C15H14BrClOS. The van der Waals surface area contributed by atoms with Gasteiger partial charge in [0.1, 0.15) is 0 Å². The lowest BCUT2D eigenvalue weighted by atomic mass is 9.95. The molecule has 2 aromatic rings. The number of thiophene rings is 1. The van der Waals surface area contributed by atoms with E-state index in [9.17, 15) is 4.79 Å². The van der Waals surface area contributed by atoms with E-state index in [-0.39, 0.29) is 11.2 Å². The summed E-state index contributed by atoms with van der Waals surface area (Å²) in [6, 6.07) is 9.16. The van der Waals surface area contributed by atoms with E-state index in [1.807, 2.05) is 12.1 Å². The second-order valence-corrected chi connectivity index (χ2v) is 7.74. The van der Waals surface area contributed by atoms with Gasteiger partial charge in [-0.15, -0.1) is 11.3 Å². The molecule has 1 nitrogen and oxygen atoms in total. The van der Waals surface area contributed by atoms with E-state index in [2.05, 4.69) is 36.7 Å². The van der Waals surface area contributed by atoms with Gasteiger partial charge in [0.25, 0.3) is 0 Å². The van der Waals surface area contributed by atoms with Gasteiger partial charge >= 0.3 is 0 Å². The summed E-state index contributed by atoms with van der Waals surface area (Å²) in [5.74, 6) is 0.0315. The Morgan fingerprint density at radius 3 is 2.42 bits per heavy atom. The minimum absolute atomic E-state index is 0.0315. The Morgan fingerprint density at radius 1 is 1.21 bits per heavy atom. The summed E-state index contributed by atoms with van der Waals surface area (Å²) in [4.78, 5) is 14.4. The van der Waals surface area contributed by atoms with Crippen molar-refractivity contribution in [3.05, 3.63) is 55.1 Å². The predicted octanol–water partition coefficient (Wildman–Crippen LogP) is 5.69. The lowest BCUT2D eigenvalue weighted by Gasteiger charge is -2.15. The Balaban J connectivity index is 2.37. The molecule has 0 saturated carbocycles. The zero-order valence-electron chi connectivity index (χ0n) is 11.0. The zero-order valence-corrected chi connectivity index (χ0v) is 14.1. The van der Waals surface area contributed by atoms with Crippen LogP contribution in [-0.4, -0.2) is 5.78 Å². The highest BCUT2D eigenvalue weighted by Gasteiger charge is 2.20. The number of benzene rings is 1. The van der Waals surface area contributed by atoms with Gasteiger partial charge in [-0.1, -0.05) is 32.4 Å². The molecule has 0 aliphatic rings. The van der Waals surface area contributed by atoms with Crippen LogP contribution in [0.25, 0.3) is 0 Å². The summed E-state index contributed by atoms with van der Waals surface area (Å²) in [7, 11) is 0. The van der Waals surface area contributed by atoms with Gasteiger partial charge in [-0.3, -0.25) is 4.79 Å².